The van der Waals surface area contributed by atoms with Gasteiger partial charge in [0.05, 0.1) is 6.20 Å². The summed E-state index contributed by atoms with van der Waals surface area (Å²) in [5, 5.41) is 0. The van der Waals surface area contributed by atoms with Crippen molar-refractivity contribution in [3.8, 4) is 5.75 Å². The Bertz CT molecular complexity index is 400. The second kappa shape index (κ2) is 3.45. The molecule has 78 valence electrons. The third-order valence-electron chi connectivity index (χ3n) is 1.12. The molecular weight excluding hydrogens is 223 g/mol. The van der Waals surface area contributed by atoms with E-state index in [1.54, 1.807) is 0 Å². The van der Waals surface area contributed by atoms with E-state index < -0.39 is 21.4 Å². The van der Waals surface area contributed by atoms with Crippen LogP contribution in [0.4, 0.5) is 13.2 Å². The molecule has 0 saturated heterocycles. The standard InChI is InChI=1S/C6H4F3NO3S/c7-6(8,9)14(11,12)13-5-2-1-3-10-4-5/h1-4H. The number of nitrogens with zero attached hydrogens (tertiary/aromatic N) is 1. The minimum Gasteiger partial charge on any atom is -0.374 e. The van der Waals surface area contributed by atoms with E-state index in [0.717, 1.165) is 12.3 Å². The van der Waals surface area contributed by atoms with Crippen LogP contribution in [0.25, 0.3) is 0 Å². The van der Waals surface area contributed by atoms with E-state index in [1.807, 2.05) is 0 Å². The average Bonchev–Trinajstić information content (AvgIpc) is 2.03. The van der Waals surface area contributed by atoms with Gasteiger partial charge in [-0.05, 0) is 12.1 Å². The largest absolute Gasteiger partial charge is 0.534 e. The van der Waals surface area contributed by atoms with E-state index in [1.165, 1.54) is 12.3 Å². The van der Waals surface area contributed by atoms with Gasteiger partial charge in [-0.1, -0.05) is 0 Å². The molecule has 0 aliphatic heterocycles. The molecule has 1 aromatic heterocycles. The molecule has 0 radical (unpaired) electrons. The molecule has 0 fully saturated rings. The van der Waals surface area contributed by atoms with Gasteiger partial charge in [0.2, 0.25) is 0 Å². The molecule has 0 bridgehead atoms. The Kier molecular flexibility index (Phi) is 2.65. The van der Waals surface area contributed by atoms with Crippen LogP contribution in [0.2, 0.25) is 0 Å². The van der Waals surface area contributed by atoms with Gasteiger partial charge in [-0.15, -0.1) is 0 Å². The lowest BCUT2D eigenvalue weighted by molar-refractivity contribution is -0.0500. The number of pyridine rings is 1. The van der Waals surface area contributed by atoms with Gasteiger partial charge in [0.25, 0.3) is 0 Å². The SMILES string of the molecule is O=S(=O)(Oc1cccnc1)C(F)(F)F. The maximum Gasteiger partial charge on any atom is 0.534 e. The highest BCUT2D eigenvalue weighted by atomic mass is 32.2. The quantitative estimate of drug-likeness (QED) is 0.564. The van der Waals surface area contributed by atoms with Crippen molar-refractivity contribution in [2.45, 2.75) is 5.51 Å². The van der Waals surface area contributed by atoms with Crippen molar-refractivity contribution in [1.29, 1.82) is 0 Å². The van der Waals surface area contributed by atoms with Crippen molar-refractivity contribution < 1.29 is 25.8 Å². The molecule has 0 amide bonds. The van der Waals surface area contributed by atoms with Crippen LogP contribution in [0.1, 0.15) is 0 Å². The third kappa shape index (κ3) is 2.34. The number of rotatable bonds is 2. The Balaban J connectivity index is 2.91. The van der Waals surface area contributed by atoms with Gasteiger partial charge in [-0.25, -0.2) is 0 Å². The molecule has 0 unspecified atom stereocenters. The van der Waals surface area contributed by atoms with E-state index >= 15 is 0 Å². The monoisotopic (exact) mass is 227 g/mol. The van der Waals surface area contributed by atoms with Gasteiger partial charge in [-0.3, -0.25) is 4.98 Å². The van der Waals surface area contributed by atoms with Crippen LogP contribution < -0.4 is 4.18 Å². The van der Waals surface area contributed by atoms with Crippen LogP contribution in [-0.2, 0) is 10.1 Å². The Morgan fingerprint density at radius 2 is 2.00 bits per heavy atom. The van der Waals surface area contributed by atoms with Crippen LogP contribution in [0.5, 0.6) is 5.75 Å². The van der Waals surface area contributed by atoms with Gasteiger partial charge in [0, 0.05) is 6.20 Å². The predicted octanol–water partition coefficient (Wildman–Crippen LogP) is 1.31. The fourth-order valence-electron chi connectivity index (χ4n) is 0.570. The Morgan fingerprint density at radius 1 is 1.36 bits per heavy atom. The van der Waals surface area contributed by atoms with Gasteiger partial charge in [-0.2, -0.15) is 21.6 Å². The molecule has 0 atom stereocenters. The zero-order chi connectivity index (χ0) is 10.8. The van der Waals surface area contributed by atoms with Crippen molar-refractivity contribution in [1.82, 2.24) is 4.98 Å². The lowest BCUT2D eigenvalue weighted by Crippen LogP contribution is -2.28. The first-order valence-corrected chi connectivity index (χ1v) is 4.64. The molecule has 0 saturated carbocycles. The maximum absolute atomic E-state index is 11.8. The summed E-state index contributed by atoms with van der Waals surface area (Å²) in [5.41, 5.74) is -5.43. The van der Waals surface area contributed by atoms with Gasteiger partial charge >= 0.3 is 15.6 Å². The average molecular weight is 227 g/mol. The van der Waals surface area contributed by atoms with Crippen molar-refractivity contribution in [3.05, 3.63) is 24.5 Å². The van der Waals surface area contributed by atoms with E-state index in [2.05, 4.69) is 9.17 Å². The Hall–Kier alpha value is -1.31. The molecule has 1 rings (SSSR count). The molecule has 0 N–H and O–H groups in total. The topological polar surface area (TPSA) is 56.3 Å². The van der Waals surface area contributed by atoms with E-state index in [9.17, 15) is 21.6 Å². The summed E-state index contributed by atoms with van der Waals surface area (Å²) >= 11 is 0. The summed E-state index contributed by atoms with van der Waals surface area (Å²) in [6, 6.07) is 2.30. The molecule has 1 aromatic rings. The zero-order valence-corrected chi connectivity index (χ0v) is 7.34. The molecule has 14 heavy (non-hydrogen) atoms. The summed E-state index contributed by atoms with van der Waals surface area (Å²) in [5.74, 6) is -0.482. The first-order chi connectivity index (χ1) is 6.33. The van der Waals surface area contributed by atoms with Gasteiger partial charge in [0.1, 0.15) is 0 Å². The fraction of sp³-hybridized carbons (Fsp3) is 0.167. The number of aromatic nitrogens is 1. The van der Waals surface area contributed by atoms with E-state index in [0.29, 0.717) is 0 Å². The van der Waals surface area contributed by atoms with Crippen LogP contribution >= 0.6 is 0 Å². The Labute approximate surface area is 77.5 Å². The molecule has 0 aromatic carbocycles. The second-order valence-corrected chi connectivity index (χ2v) is 3.71. The number of alkyl halides is 3. The van der Waals surface area contributed by atoms with Crippen LogP contribution in [0, 0.1) is 0 Å². The number of hydrogen-bond acceptors (Lipinski definition) is 4. The highest BCUT2D eigenvalue weighted by Gasteiger charge is 2.48. The fourth-order valence-corrected chi connectivity index (χ4v) is 1.02. The third-order valence-corrected chi connectivity index (χ3v) is 2.10. The Morgan fingerprint density at radius 3 is 2.43 bits per heavy atom. The summed E-state index contributed by atoms with van der Waals surface area (Å²) in [4.78, 5) is 3.39. The number of halogens is 3. The predicted molar refractivity (Wildman–Crippen MR) is 39.8 cm³/mol. The van der Waals surface area contributed by atoms with Crippen LogP contribution in [-0.4, -0.2) is 18.9 Å². The maximum atomic E-state index is 11.8. The smallest absolute Gasteiger partial charge is 0.374 e. The summed E-state index contributed by atoms with van der Waals surface area (Å²) < 4.78 is 60.0. The molecule has 0 aliphatic rings. The first kappa shape index (κ1) is 10.8. The molecule has 8 heteroatoms. The normalized spacial score (nSPS) is 12.5. The summed E-state index contributed by atoms with van der Waals surface area (Å²) in [7, 11) is -5.59. The summed E-state index contributed by atoms with van der Waals surface area (Å²) in [6.45, 7) is 0. The minimum absolute atomic E-state index is 0.482. The molecule has 4 nitrogen and oxygen atoms in total. The van der Waals surface area contributed by atoms with E-state index in [-0.39, 0.29) is 0 Å². The molecule has 0 spiro atoms. The number of hydrogen-bond donors (Lipinski definition) is 0. The zero-order valence-electron chi connectivity index (χ0n) is 6.52. The van der Waals surface area contributed by atoms with Crippen molar-refractivity contribution in [2.24, 2.45) is 0 Å². The van der Waals surface area contributed by atoms with Crippen molar-refractivity contribution in [3.63, 3.8) is 0 Å². The van der Waals surface area contributed by atoms with Crippen LogP contribution in [0.15, 0.2) is 24.5 Å². The van der Waals surface area contributed by atoms with Crippen LogP contribution in [0.3, 0.4) is 0 Å². The molecule has 0 aliphatic carbocycles. The summed E-state index contributed by atoms with van der Waals surface area (Å²) in [6.07, 6.45) is 2.14. The van der Waals surface area contributed by atoms with Gasteiger partial charge in [0.15, 0.2) is 5.75 Å². The van der Waals surface area contributed by atoms with Gasteiger partial charge < -0.3 is 4.18 Å². The molecular formula is C6H4F3NO3S. The minimum atomic E-state index is -5.59. The lowest BCUT2D eigenvalue weighted by Gasteiger charge is -2.08. The van der Waals surface area contributed by atoms with Crippen molar-refractivity contribution in [2.75, 3.05) is 0 Å². The first-order valence-electron chi connectivity index (χ1n) is 3.24. The highest BCUT2D eigenvalue weighted by molar-refractivity contribution is 7.87. The lowest BCUT2D eigenvalue weighted by atomic mass is 10.5. The van der Waals surface area contributed by atoms with E-state index in [4.69, 9.17) is 0 Å². The highest BCUT2D eigenvalue weighted by Crippen LogP contribution is 2.26. The second-order valence-electron chi connectivity index (χ2n) is 2.17. The van der Waals surface area contributed by atoms with Crippen molar-refractivity contribution >= 4 is 10.1 Å². The molecule has 1 heterocycles.